The fourth-order valence-electron chi connectivity index (χ4n) is 4.11. The number of nitrogens with two attached hydrogens (primary N) is 1. The van der Waals surface area contributed by atoms with E-state index >= 15 is 0 Å². The number of hydrogen-bond acceptors (Lipinski definition) is 4. The lowest BCUT2D eigenvalue weighted by molar-refractivity contribution is -0.140. The minimum Gasteiger partial charge on any atom is -0.380 e. The number of amides is 1. The van der Waals surface area contributed by atoms with Gasteiger partial charge in [-0.25, -0.2) is 18.4 Å². The molecule has 2 aromatic carbocycles. The largest absolute Gasteiger partial charge is 0.416 e. The minimum absolute atomic E-state index is 0.0302. The summed E-state index contributed by atoms with van der Waals surface area (Å²) in [6.07, 6.45) is -4.58. The molecule has 0 fully saturated rings. The van der Waals surface area contributed by atoms with Crippen molar-refractivity contribution < 1.29 is 31.9 Å². The molecule has 0 saturated heterocycles. The molecule has 1 unspecified atom stereocenters. The lowest BCUT2D eigenvalue weighted by atomic mass is 9.70. The zero-order valence-corrected chi connectivity index (χ0v) is 19.5. The smallest absolute Gasteiger partial charge is 0.380 e. The number of primary amides is 1. The van der Waals surface area contributed by atoms with Gasteiger partial charge in [0.05, 0.1) is 23.6 Å². The first kappa shape index (κ1) is 26.3. The molecule has 2 atom stereocenters. The quantitative estimate of drug-likeness (QED) is 0.486. The van der Waals surface area contributed by atoms with Gasteiger partial charge in [0, 0.05) is 0 Å². The molecule has 0 aliphatic rings. The SMILES string of the molecule is CC(C)(C)[C@H](c1nc(-c2cc(F)ccc2F)nn1Cc1cccc(C(F)(F)F)c1)C(C)(O)C(N)=O. The predicted octanol–water partition coefficient (Wildman–Crippen LogP) is 4.66. The Kier molecular flexibility index (Phi) is 6.78. The zero-order chi connectivity index (χ0) is 26.3. The van der Waals surface area contributed by atoms with Gasteiger partial charge in [0.2, 0.25) is 5.91 Å². The highest BCUT2D eigenvalue weighted by molar-refractivity contribution is 5.84. The van der Waals surface area contributed by atoms with Gasteiger partial charge < -0.3 is 10.8 Å². The number of benzene rings is 2. The first-order valence-corrected chi connectivity index (χ1v) is 10.6. The van der Waals surface area contributed by atoms with Crippen molar-refractivity contribution in [3.05, 3.63) is 71.1 Å². The maximum atomic E-state index is 14.5. The lowest BCUT2D eigenvalue weighted by Crippen LogP contribution is -2.51. The van der Waals surface area contributed by atoms with Crippen molar-refractivity contribution in [2.45, 2.75) is 51.9 Å². The number of nitrogens with zero attached hydrogens (tertiary/aromatic N) is 3. The molecule has 0 aliphatic heterocycles. The lowest BCUT2D eigenvalue weighted by Gasteiger charge is -2.38. The van der Waals surface area contributed by atoms with Crippen LogP contribution in [-0.4, -0.2) is 31.4 Å². The van der Waals surface area contributed by atoms with E-state index in [4.69, 9.17) is 5.73 Å². The van der Waals surface area contributed by atoms with E-state index in [1.54, 1.807) is 20.8 Å². The Morgan fingerprint density at radius 2 is 1.74 bits per heavy atom. The van der Waals surface area contributed by atoms with Gasteiger partial charge >= 0.3 is 6.18 Å². The van der Waals surface area contributed by atoms with E-state index in [2.05, 4.69) is 10.1 Å². The van der Waals surface area contributed by atoms with Crippen molar-refractivity contribution in [3.63, 3.8) is 0 Å². The van der Waals surface area contributed by atoms with Crippen molar-refractivity contribution >= 4 is 5.91 Å². The number of aromatic nitrogens is 3. The first-order valence-electron chi connectivity index (χ1n) is 10.6. The average molecular weight is 496 g/mol. The molecule has 3 N–H and O–H groups in total. The maximum Gasteiger partial charge on any atom is 0.416 e. The van der Waals surface area contributed by atoms with Crippen LogP contribution in [0.25, 0.3) is 11.4 Å². The van der Waals surface area contributed by atoms with Crippen LogP contribution in [0, 0.1) is 17.0 Å². The molecular formula is C24H25F5N4O2. The number of aliphatic hydroxyl groups is 1. The summed E-state index contributed by atoms with van der Waals surface area (Å²) in [5.74, 6) is -4.06. The Bertz CT molecular complexity index is 1250. The highest BCUT2D eigenvalue weighted by Gasteiger charge is 2.48. The third-order valence-electron chi connectivity index (χ3n) is 5.64. The molecule has 3 rings (SSSR count). The highest BCUT2D eigenvalue weighted by Crippen LogP contribution is 2.43. The van der Waals surface area contributed by atoms with E-state index in [-0.39, 0.29) is 29.3 Å². The van der Waals surface area contributed by atoms with Crippen LogP contribution in [-0.2, 0) is 17.5 Å². The number of halogens is 5. The molecule has 0 saturated carbocycles. The van der Waals surface area contributed by atoms with Gasteiger partial charge in [-0.3, -0.25) is 4.79 Å². The van der Waals surface area contributed by atoms with Gasteiger partial charge in [0.25, 0.3) is 0 Å². The standard InChI is InChI=1S/C24H25F5N4O2/c1-22(2,3)18(23(4,35)21(30)34)20-31-19(16-11-15(25)8-9-17(16)26)32-33(20)12-13-6-5-7-14(10-13)24(27,28)29/h5-11,18,35H,12H2,1-4H3,(H2,30,34)/t18-,23?/m0/s1. The van der Waals surface area contributed by atoms with Gasteiger partial charge in [-0.15, -0.1) is 0 Å². The van der Waals surface area contributed by atoms with E-state index < -0.39 is 46.2 Å². The second-order valence-electron chi connectivity index (χ2n) is 9.58. The number of rotatable bonds is 6. The molecular weight excluding hydrogens is 471 g/mol. The molecule has 0 spiro atoms. The number of carbonyl (C=O) groups is 1. The van der Waals surface area contributed by atoms with Gasteiger partial charge in [0.1, 0.15) is 23.1 Å². The van der Waals surface area contributed by atoms with Gasteiger partial charge in [-0.05, 0) is 48.2 Å². The normalized spacial score (nSPS) is 15.0. The number of alkyl halides is 3. The second kappa shape index (κ2) is 9.03. The third-order valence-corrected chi connectivity index (χ3v) is 5.64. The van der Waals surface area contributed by atoms with Gasteiger partial charge in [-0.2, -0.15) is 18.3 Å². The molecule has 0 radical (unpaired) electrons. The molecule has 11 heteroatoms. The van der Waals surface area contributed by atoms with Crippen LogP contribution in [0.1, 0.15) is 50.6 Å². The van der Waals surface area contributed by atoms with E-state index in [0.717, 1.165) is 30.3 Å². The average Bonchev–Trinajstić information content (AvgIpc) is 3.10. The topological polar surface area (TPSA) is 94.0 Å². The van der Waals surface area contributed by atoms with Crippen LogP contribution < -0.4 is 5.73 Å². The molecule has 3 aromatic rings. The maximum absolute atomic E-state index is 14.5. The molecule has 1 aromatic heterocycles. The second-order valence-corrected chi connectivity index (χ2v) is 9.58. The van der Waals surface area contributed by atoms with Crippen molar-refractivity contribution in [1.82, 2.24) is 14.8 Å². The summed E-state index contributed by atoms with van der Waals surface area (Å²) >= 11 is 0. The van der Waals surface area contributed by atoms with Crippen molar-refractivity contribution in [3.8, 4) is 11.4 Å². The Hall–Kier alpha value is -3.34. The van der Waals surface area contributed by atoms with Crippen LogP contribution in [0.5, 0.6) is 0 Å². The molecule has 35 heavy (non-hydrogen) atoms. The molecule has 6 nitrogen and oxygen atoms in total. The number of carbonyl (C=O) groups excluding carboxylic acids is 1. The van der Waals surface area contributed by atoms with Crippen LogP contribution in [0.2, 0.25) is 0 Å². The molecule has 0 bridgehead atoms. The summed E-state index contributed by atoms with van der Waals surface area (Å²) in [5.41, 5.74) is 1.44. The summed E-state index contributed by atoms with van der Waals surface area (Å²) in [5, 5.41) is 15.3. The summed E-state index contributed by atoms with van der Waals surface area (Å²) in [7, 11) is 0. The van der Waals surface area contributed by atoms with Crippen molar-refractivity contribution in [2.24, 2.45) is 11.1 Å². The summed E-state index contributed by atoms with van der Waals surface area (Å²) in [4.78, 5) is 16.5. The summed E-state index contributed by atoms with van der Waals surface area (Å²) < 4.78 is 69.2. The van der Waals surface area contributed by atoms with E-state index in [0.29, 0.717) is 0 Å². The van der Waals surface area contributed by atoms with Gasteiger partial charge in [0.15, 0.2) is 5.82 Å². The molecule has 0 aliphatic carbocycles. The molecule has 1 amide bonds. The van der Waals surface area contributed by atoms with Gasteiger partial charge in [-0.1, -0.05) is 32.9 Å². The summed E-state index contributed by atoms with van der Waals surface area (Å²) in [6, 6.07) is 7.17. The van der Waals surface area contributed by atoms with Crippen molar-refractivity contribution in [1.29, 1.82) is 0 Å². The minimum atomic E-state index is -4.58. The predicted molar refractivity (Wildman–Crippen MR) is 118 cm³/mol. The first-order chi connectivity index (χ1) is 16.0. The Balaban J connectivity index is 2.25. The van der Waals surface area contributed by atoms with E-state index in [1.165, 1.54) is 23.7 Å². The Morgan fingerprint density at radius 1 is 1.09 bits per heavy atom. The summed E-state index contributed by atoms with van der Waals surface area (Å²) in [6.45, 7) is 6.02. The van der Waals surface area contributed by atoms with E-state index in [1.807, 2.05) is 0 Å². The Labute approximate surface area is 198 Å². The third kappa shape index (κ3) is 5.50. The fourth-order valence-corrected chi connectivity index (χ4v) is 4.11. The van der Waals surface area contributed by atoms with Crippen molar-refractivity contribution in [2.75, 3.05) is 0 Å². The number of hydrogen-bond donors (Lipinski definition) is 2. The molecule has 188 valence electrons. The van der Waals surface area contributed by atoms with E-state index in [9.17, 15) is 31.9 Å². The van der Waals surface area contributed by atoms with Crippen LogP contribution >= 0.6 is 0 Å². The monoisotopic (exact) mass is 496 g/mol. The highest BCUT2D eigenvalue weighted by atomic mass is 19.4. The Morgan fingerprint density at radius 3 is 2.31 bits per heavy atom. The van der Waals surface area contributed by atoms with Crippen LogP contribution in [0.4, 0.5) is 22.0 Å². The molecule has 1 heterocycles. The zero-order valence-electron chi connectivity index (χ0n) is 19.5. The van der Waals surface area contributed by atoms with Crippen LogP contribution in [0.15, 0.2) is 42.5 Å². The fraction of sp³-hybridized carbons (Fsp3) is 0.375. The van der Waals surface area contributed by atoms with Crippen LogP contribution in [0.3, 0.4) is 0 Å².